The molecule has 39 heavy (non-hydrogen) atoms. The average Bonchev–Trinajstić information content (AvgIpc) is 2.91. The molecule has 8 heteroatoms. The zero-order chi connectivity index (χ0) is 29.0. The van der Waals surface area contributed by atoms with E-state index in [0.29, 0.717) is 0 Å². The molecule has 0 aliphatic rings. The number of carboxylic acid groups (broad SMARTS) is 1. The van der Waals surface area contributed by atoms with E-state index in [-0.39, 0.29) is 32.5 Å². The van der Waals surface area contributed by atoms with Crippen molar-refractivity contribution < 1.29 is 38.5 Å². The molecule has 0 amide bonds. The molecular weight excluding hydrogens is 500 g/mol. The van der Waals surface area contributed by atoms with Crippen LogP contribution >= 0.6 is 0 Å². The van der Waals surface area contributed by atoms with Crippen molar-refractivity contribution in [3.63, 3.8) is 0 Å². The summed E-state index contributed by atoms with van der Waals surface area (Å²) in [6, 6.07) is 0. The van der Waals surface area contributed by atoms with Gasteiger partial charge in [-0.25, -0.2) is 0 Å². The smallest absolute Gasteiger partial charge is 0.306 e. The molecule has 0 aromatic carbocycles. The lowest BCUT2D eigenvalue weighted by molar-refractivity contribution is -0.305. The van der Waals surface area contributed by atoms with Crippen LogP contribution in [0.1, 0.15) is 155 Å². The van der Waals surface area contributed by atoms with Crippen molar-refractivity contribution in [3.05, 3.63) is 0 Å². The number of esters is 3. The van der Waals surface area contributed by atoms with E-state index in [2.05, 4.69) is 13.8 Å². The van der Waals surface area contributed by atoms with Crippen molar-refractivity contribution >= 4 is 23.9 Å². The summed E-state index contributed by atoms with van der Waals surface area (Å²) in [6.07, 6.45) is 19.3. The van der Waals surface area contributed by atoms with Gasteiger partial charge in [-0.3, -0.25) is 14.4 Å². The minimum atomic E-state index is -1.36. The molecule has 0 aliphatic carbocycles. The van der Waals surface area contributed by atoms with Crippen LogP contribution in [0.4, 0.5) is 0 Å². The Morgan fingerprint density at radius 1 is 0.487 bits per heavy atom. The predicted octanol–water partition coefficient (Wildman–Crippen LogP) is 6.36. The summed E-state index contributed by atoms with van der Waals surface area (Å²) in [5.41, 5.74) is 0. The Balaban J connectivity index is 4.22. The first-order valence-electron chi connectivity index (χ1n) is 15.6. The van der Waals surface area contributed by atoms with Crippen LogP contribution < -0.4 is 5.11 Å². The first-order chi connectivity index (χ1) is 18.9. The third-order valence-electron chi connectivity index (χ3n) is 6.66. The quantitative estimate of drug-likeness (QED) is 0.0622. The van der Waals surface area contributed by atoms with Gasteiger partial charge in [0, 0.05) is 18.8 Å². The Morgan fingerprint density at radius 2 is 0.846 bits per heavy atom. The summed E-state index contributed by atoms with van der Waals surface area (Å²) < 4.78 is 15.7. The lowest BCUT2D eigenvalue weighted by Crippen LogP contribution is -2.31. The van der Waals surface area contributed by atoms with Crippen LogP contribution in [0.2, 0.25) is 0 Å². The maximum atomic E-state index is 12.1. The maximum absolute atomic E-state index is 12.1. The third kappa shape index (κ3) is 27.2. The highest BCUT2D eigenvalue weighted by Gasteiger charge is 2.19. The van der Waals surface area contributed by atoms with Gasteiger partial charge in [0.25, 0.3) is 0 Å². The van der Waals surface area contributed by atoms with Gasteiger partial charge in [-0.2, -0.15) is 0 Å². The average molecular weight is 556 g/mol. The van der Waals surface area contributed by atoms with Gasteiger partial charge in [-0.1, -0.05) is 117 Å². The van der Waals surface area contributed by atoms with Crippen molar-refractivity contribution in [2.24, 2.45) is 0 Å². The van der Waals surface area contributed by atoms with Crippen LogP contribution in [0.3, 0.4) is 0 Å². The van der Waals surface area contributed by atoms with Gasteiger partial charge in [0.2, 0.25) is 0 Å². The third-order valence-corrected chi connectivity index (χ3v) is 6.66. The second-order valence-corrected chi connectivity index (χ2v) is 10.5. The van der Waals surface area contributed by atoms with Crippen LogP contribution in [0.25, 0.3) is 0 Å². The van der Waals surface area contributed by atoms with Gasteiger partial charge in [0.15, 0.2) is 6.10 Å². The minimum Gasteiger partial charge on any atom is -0.550 e. The highest BCUT2D eigenvalue weighted by Crippen LogP contribution is 2.12. The highest BCUT2D eigenvalue weighted by atomic mass is 16.6. The van der Waals surface area contributed by atoms with Crippen molar-refractivity contribution in [1.29, 1.82) is 0 Å². The van der Waals surface area contributed by atoms with Gasteiger partial charge in [-0.15, -0.1) is 0 Å². The number of unbranched alkanes of at least 4 members (excludes halogenated alkanes) is 16. The molecule has 0 rings (SSSR count). The van der Waals surface area contributed by atoms with E-state index in [4.69, 9.17) is 14.2 Å². The van der Waals surface area contributed by atoms with Crippen LogP contribution in [-0.4, -0.2) is 43.2 Å². The predicted molar refractivity (Wildman–Crippen MR) is 150 cm³/mol. The normalized spacial score (nSPS) is 10.9. The van der Waals surface area contributed by atoms with Crippen LogP contribution in [0.5, 0.6) is 0 Å². The number of aliphatic carboxylic acids is 1. The number of carboxylic acids is 1. The molecule has 0 aliphatic heterocycles. The molecule has 0 bridgehead atoms. The van der Waals surface area contributed by atoms with E-state index in [9.17, 15) is 24.3 Å². The molecule has 0 saturated heterocycles. The van der Waals surface area contributed by atoms with Crippen molar-refractivity contribution in [2.45, 2.75) is 161 Å². The first-order valence-corrected chi connectivity index (χ1v) is 15.6. The summed E-state index contributed by atoms with van der Waals surface area (Å²) in [4.78, 5) is 46.9. The fraction of sp³-hybridized carbons (Fsp3) is 0.871. The van der Waals surface area contributed by atoms with Gasteiger partial charge in [0.1, 0.15) is 13.2 Å². The van der Waals surface area contributed by atoms with Crippen molar-refractivity contribution in [1.82, 2.24) is 0 Å². The van der Waals surface area contributed by atoms with Crippen LogP contribution in [0, 0.1) is 0 Å². The first kappa shape index (κ1) is 36.9. The molecule has 0 heterocycles. The van der Waals surface area contributed by atoms with Gasteiger partial charge in [-0.05, 0) is 19.3 Å². The molecule has 0 aromatic heterocycles. The second-order valence-electron chi connectivity index (χ2n) is 10.5. The van der Waals surface area contributed by atoms with Gasteiger partial charge >= 0.3 is 17.9 Å². The number of carbonyl (C=O) groups excluding carboxylic acids is 4. The zero-order valence-electron chi connectivity index (χ0n) is 24.8. The Labute approximate surface area is 236 Å². The Kier molecular flexibility index (Phi) is 26.0. The molecule has 0 unspecified atom stereocenters. The molecule has 0 spiro atoms. The molecule has 0 atom stereocenters. The number of ether oxygens (including phenoxy) is 3. The van der Waals surface area contributed by atoms with E-state index >= 15 is 0 Å². The fourth-order valence-corrected chi connectivity index (χ4v) is 4.24. The summed E-state index contributed by atoms with van der Waals surface area (Å²) in [6.45, 7) is 3.93. The van der Waals surface area contributed by atoms with E-state index < -0.39 is 36.4 Å². The van der Waals surface area contributed by atoms with E-state index in [1.807, 2.05) is 0 Å². The topological polar surface area (TPSA) is 119 Å². The fourth-order valence-electron chi connectivity index (χ4n) is 4.24. The zero-order valence-corrected chi connectivity index (χ0v) is 24.8. The monoisotopic (exact) mass is 555 g/mol. The SMILES string of the molecule is CCCCCCCCCCCC(=O)OCC(COC(=O)CCCCCCCCCCC)OC(=O)CCC(=O)[O-]. The lowest BCUT2D eigenvalue weighted by Gasteiger charge is -2.18. The Bertz CT molecular complexity index is 596. The molecular formula is C31H55O8-. The molecule has 0 saturated carbocycles. The Hall–Kier alpha value is -2.12. The molecule has 8 nitrogen and oxygen atoms in total. The molecule has 0 fully saturated rings. The number of hydrogen-bond donors (Lipinski definition) is 0. The molecule has 0 radical (unpaired) electrons. The standard InChI is InChI=1S/C31H56O8/c1-3-5-7-9-11-13-15-17-19-21-29(34)37-25-27(39-31(36)24-23-28(32)33)26-38-30(35)22-20-18-16-14-12-10-8-6-4-2/h27H,3-26H2,1-2H3,(H,32,33)/p-1. The van der Waals surface area contributed by atoms with Gasteiger partial charge in [0.05, 0.1) is 6.42 Å². The minimum absolute atomic E-state index is 0.237. The van der Waals surface area contributed by atoms with Crippen LogP contribution in [-0.2, 0) is 33.4 Å². The van der Waals surface area contributed by atoms with E-state index in [1.165, 1.54) is 77.0 Å². The summed E-state index contributed by atoms with van der Waals surface area (Å²) in [7, 11) is 0. The number of rotatable bonds is 28. The van der Waals surface area contributed by atoms with E-state index in [0.717, 1.165) is 38.5 Å². The number of hydrogen-bond acceptors (Lipinski definition) is 8. The van der Waals surface area contributed by atoms with Crippen molar-refractivity contribution in [3.8, 4) is 0 Å². The molecule has 0 N–H and O–H groups in total. The van der Waals surface area contributed by atoms with Crippen LogP contribution in [0.15, 0.2) is 0 Å². The van der Waals surface area contributed by atoms with Crippen molar-refractivity contribution in [2.75, 3.05) is 13.2 Å². The largest absolute Gasteiger partial charge is 0.550 e. The number of carbonyl (C=O) groups is 4. The second kappa shape index (κ2) is 27.4. The molecule has 228 valence electrons. The van der Waals surface area contributed by atoms with E-state index in [1.54, 1.807) is 0 Å². The summed E-state index contributed by atoms with van der Waals surface area (Å²) >= 11 is 0. The molecule has 0 aromatic rings. The summed E-state index contributed by atoms with van der Waals surface area (Å²) in [5, 5.41) is 10.6. The lowest BCUT2D eigenvalue weighted by atomic mass is 10.1. The highest BCUT2D eigenvalue weighted by molar-refractivity contribution is 5.76. The summed E-state index contributed by atoms with van der Waals surface area (Å²) in [5.74, 6) is -2.91. The Morgan fingerprint density at radius 3 is 1.21 bits per heavy atom. The van der Waals surface area contributed by atoms with Gasteiger partial charge < -0.3 is 24.1 Å². The maximum Gasteiger partial charge on any atom is 0.306 e.